The van der Waals surface area contributed by atoms with E-state index in [0.29, 0.717) is 11.1 Å². The molecule has 0 atom stereocenters. The Morgan fingerprint density at radius 1 is 0.750 bits per heavy atom. The van der Waals surface area contributed by atoms with Crippen LogP contribution in [0.5, 0.6) is 11.5 Å². The number of hydrogen-bond acceptors (Lipinski definition) is 4. The van der Waals surface area contributed by atoms with Gasteiger partial charge in [-0.25, -0.2) is 4.79 Å². The van der Waals surface area contributed by atoms with Gasteiger partial charge in [-0.1, -0.05) is 24.3 Å². The van der Waals surface area contributed by atoms with Crippen molar-refractivity contribution in [3.05, 3.63) is 59.7 Å². The number of carbonyl (C=O) groups excluding carboxylic acids is 1. The maximum Gasteiger partial charge on any atom is 0.373 e. The SMILES string of the molecule is O=C(O)C(=O)C(c1ccc(O)cc1)c1ccc(O)cc1. The lowest BCUT2D eigenvalue weighted by molar-refractivity contribution is -0.149. The number of Topliss-reactive ketones (excluding diaryl/α,β-unsaturated/α-hetero) is 1. The van der Waals surface area contributed by atoms with Gasteiger partial charge in [0.25, 0.3) is 5.78 Å². The Balaban J connectivity index is 2.49. The van der Waals surface area contributed by atoms with Crippen LogP contribution in [-0.4, -0.2) is 27.1 Å². The minimum atomic E-state index is -1.53. The van der Waals surface area contributed by atoms with Crippen LogP contribution in [0.25, 0.3) is 0 Å². The van der Waals surface area contributed by atoms with Crippen LogP contribution < -0.4 is 0 Å². The zero-order valence-electron chi connectivity index (χ0n) is 10.4. The minimum Gasteiger partial charge on any atom is -0.508 e. The number of hydrogen-bond donors (Lipinski definition) is 3. The summed E-state index contributed by atoms with van der Waals surface area (Å²) in [7, 11) is 0. The number of carboxylic acid groups (broad SMARTS) is 1. The zero-order chi connectivity index (χ0) is 14.7. The molecule has 0 aromatic heterocycles. The van der Waals surface area contributed by atoms with E-state index in [4.69, 9.17) is 5.11 Å². The number of phenolic OH excluding ortho intramolecular Hbond substituents is 2. The van der Waals surface area contributed by atoms with Crippen molar-refractivity contribution in [1.29, 1.82) is 0 Å². The van der Waals surface area contributed by atoms with Gasteiger partial charge in [0.1, 0.15) is 11.5 Å². The number of phenols is 2. The molecule has 0 radical (unpaired) electrons. The lowest BCUT2D eigenvalue weighted by Crippen LogP contribution is -2.22. The van der Waals surface area contributed by atoms with Crippen LogP contribution in [0.3, 0.4) is 0 Å². The lowest BCUT2D eigenvalue weighted by atomic mass is 9.87. The quantitative estimate of drug-likeness (QED) is 0.739. The maximum atomic E-state index is 11.9. The van der Waals surface area contributed by atoms with E-state index in [9.17, 15) is 19.8 Å². The van der Waals surface area contributed by atoms with Crippen molar-refractivity contribution in [2.45, 2.75) is 5.92 Å². The highest BCUT2D eigenvalue weighted by molar-refractivity contribution is 6.35. The molecule has 5 heteroatoms. The van der Waals surface area contributed by atoms with Crippen LogP contribution in [0.15, 0.2) is 48.5 Å². The topological polar surface area (TPSA) is 94.8 Å². The van der Waals surface area contributed by atoms with Gasteiger partial charge in [-0.2, -0.15) is 0 Å². The molecule has 0 heterocycles. The van der Waals surface area contributed by atoms with Crippen molar-refractivity contribution in [2.24, 2.45) is 0 Å². The Bertz CT molecular complexity index is 583. The second kappa shape index (κ2) is 5.44. The van der Waals surface area contributed by atoms with Crippen LogP contribution in [0.2, 0.25) is 0 Å². The summed E-state index contributed by atoms with van der Waals surface area (Å²) >= 11 is 0. The fourth-order valence-electron chi connectivity index (χ4n) is 1.95. The fourth-order valence-corrected chi connectivity index (χ4v) is 1.95. The summed E-state index contributed by atoms with van der Waals surface area (Å²) in [6, 6.07) is 11.5. The molecule has 0 saturated heterocycles. The third kappa shape index (κ3) is 2.77. The van der Waals surface area contributed by atoms with E-state index in [1.807, 2.05) is 0 Å². The minimum absolute atomic E-state index is 0.0287. The number of benzene rings is 2. The average Bonchev–Trinajstić information content (AvgIpc) is 2.43. The molecule has 0 aliphatic carbocycles. The molecule has 3 N–H and O–H groups in total. The molecule has 0 aliphatic heterocycles. The molecule has 2 rings (SSSR count). The molecule has 0 saturated carbocycles. The van der Waals surface area contributed by atoms with Crippen molar-refractivity contribution in [1.82, 2.24) is 0 Å². The van der Waals surface area contributed by atoms with Crippen molar-refractivity contribution >= 4 is 11.8 Å². The number of aliphatic carboxylic acids is 1. The molecular formula is C15H12O5. The monoisotopic (exact) mass is 272 g/mol. The number of rotatable bonds is 4. The summed E-state index contributed by atoms with van der Waals surface area (Å²) in [6.07, 6.45) is 0. The number of ketones is 1. The van der Waals surface area contributed by atoms with Crippen molar-refractivity contribution in [3.63, 3.8) is 0 Å². The largest absolute Gasteiger partial charge is 0.508 e. The van der Waals surface area contributed by atoms with Gasteiger partial charge in [-0.05, 0) is 35.4 Å². The van der Waals surface area contributed by atoms with Gasteiger partial charge in [-0.15, -0.1) is 0 Å². The molecule has 20 heavy (non-hydrogen) atoms. The van der Waals surface area contributed by atoms with Crippen molar-refractivity contribution in [3.8, 4) is 11.5 Å². The number of aromatic hydroxyl groups is 2. The molecular weight excluding hydrogens is 260 g/mol. The zero-order valence-corrected chi connectivity index (χ0v) is 10.4. The van der Waals surface area contributed by atoms with Crippen LogP contribution >= 0.6 is 0 Å². The Morgan fingerprint density at radius 3 is 1.40 bits per heavy atom. The molecule has 102 valence electrons. The van der Waals surface area contributed by atoms with Gasteiger partial charge in [0.2, 0.25) is 0 Å². The number of carboxylic acids is 1. The third-order valence-corrected chi connectivity index (χ3v) is 2.93. The molecule has 0 unspecified atom stereocenters. The van der Waals surface area contributed by atoms with E-state index in [1.54, 1.807) is 0 Å². The van der Waals surface area contributed by atoms with Crippen LogP contribution in [0, 0.1) is 0 Å². The van der Waals surface area contributed by atoms with Crippen molar-refractivity contribution < 1.29 is 24.9 Å². The second-order valence-electron chi connectivity index (χ2n) is 4.29. The Morgan fingerprint density at radius 2 is 1.10 bits per heavy atom. The van der Waals surface area contributed by atoms with E-state index in [2.05, 4.69) is 0 Å². The molecule has 0 spiro atoms. The first-order valence-electron chi connectivity index (χ1n) is 5.84. The first kappa shape index (κ1) is 13.6. The normalized spacial score (nSPS) is 10.4. The van der Waals surface area contributed by atoms with E-state index in [-0.39, 0.29) is 11.5 Å². The van der Waals surface area contributed by atoms with E-state index < -0.39 is 17.7 Å². The van der Waals surface area contributed by atoms with Crippen LogP contribution in [-0.2, 0) is 9.59 Å². The van der Waals surface area contributed by atoms with Crippen LogP contribution in [0.4, 0.5) is 0 Å². The van der Waals surface area contributed by atoms with E-state index >= 15 is 0 Å². The predicted octanol–water partition coefficient (Wildman–Crippen LogP) is 1.88. The highest BCUT2D eigenvalue weighted by atomic mass is 16.4. The second-order valence-corrected chi connectivity index (χ2v) is 4.29. The Hall–Kier alpha value is -2.82. The fraction of sp³-hybridized carbons (Fsp3) is 0.0667. The van der Waals surface area contributed by atoms with Gasteiger partial charge in [0, 0.05) is 0 Å². The molecule has 5 nitrogen and oxygen atoms in total. The van der Waals surface area contributed by atoms with Crippen LogP contribution in [0.1, 0.15) is 17.0 Å². The Kier molecular flexibility index (Phi) is 3.70. The molecule has 0 amide bonds. The third-order valence-electron chi connectivity index (χ3n) is 2.93. The van der Waals surface area contributed by atoms with E-state index in [1.165, 1.54) is 48.5 Å². The molecule has 0 bridgehead atoms. The van der Waals surface area contributed by atoms with Gasteiger partial charge in [0.05, 0.1) is 5.92 Å². The summed E-state index contributed by atoms with van der Waals surface area (Å²) in [5.74, 6) is -3.42. The first-order valence-corrected chi connectivity index (χ1v) is 5.84. The highest BCUT2D eigenvalue weighted by Crippen LogP contribution is 2.28. The Labute approximate surface area is 114 Å². The average molecular weight is 272 g/mol. The summed E-state index contributed by atoms with van der Waals surface area (Å²) in [6.45, 7) is 0. The molecule has 0 aliphatic rings. The summed E-state index contributed by atoms with van der Waals surface area (Å²) in [5, 5.41) is 27.5. The number of carbonyl (C=O) groups is 2. The highest BCUT2D eigenvalue weighted by Gasteiger charge is 2.28. The maximum absolute atomic E-state index is 11.9. The van der Waals surface area contributed by atoms with Gasteiger partial charge in [-0.3, -0.25) is 4.79 Å². The predicted molar refractivity (Wildman–Crippen MR) is 70.7 cm³/mol. The first-order chi connectivity index (χ1) is 9.49. The van der Waals surface area contributed by atoms with E-state index in [0.717, 1.165) is 0 Å². The molecule has 2 aromatic carbocycles. The molecule has 2 aromatic rings. The summed E-state index contributed by atoms with van der Waals surface area (Å²) in [5.41, 5.74) is 0.918. The van der Waals surface area contributed by atoms with Crippen molar-refractivity contribution in [2.75, 3.05) is 0 Å². The summed E-state index contributed by atoms with van der Waals surface area (Å²) < 4.78 is 0. The van der Waals surface area contributed by atoms with Gasteiger partial charge >= 0.3 is 5.97 Å². The molecule has 0 fully saturated rings. The smallest absolute Gasteiger partial charge is 0.373 e. The van der Waals surface area contributed by atoms with Gasteiger partial charge in [0.15, 0.2) is 0 Å². The van der Waals surface area contributed by atoms with Gasteiger partial charge < -0.3 is 15.3 Å². The summed E-state index contributed by atoms with van der Waals surface area (Å²) in [4.78, 5) is 22.9. The lowest BCUT2D eigenvalue weighted by Gasteiger charge is -2.14. The standard InChI is InChI=1S/C15H12O5/c16-11-5-1-9(2-6-11)13(14(18)15(19)20)10-3-7-12(17)8-4-10/h1-8,13,16-17H,(H,19,20).